The van der Waals surface area contributed by atoms with Gasteiger partial charge in [-0.05, 0) is 6.42 Å². The Bertz CT molecular complexity index is 490. The van der Waals surface area contributed by atoms with Gasteiger partial charge in [-0.2, -0.15) is 0 Å². The SMILES string of the molecule is CCCCCCCCCOC(=O)c1cc(=O)[nH]c(=O)[nH]1. The molecule has 0 fully saturated rings. The molecule has 0 atom stereocenters. The maximum absolute atomic E-state index is 11.6. The average Bonchev–Trinajstić information content (AvgIpc) is 2.40. The van der Waals surface area contributed by atoms with Crippen molar-refractivity contribution in [3.05, 3.63) is 32.6 Å². The molecule has 0 saturated heterocycles. The Morgan fingerprint density at radius 3 is 2.35 bits per heavy atom. The summed E-state index contributed by atoms with van der Waals surface area (Å²) in [6.07, 6.45) is 7.91. The lowest BCUT2D eigenvalue weighted by Crippen LogP contribution is -2.25. The van der Waals surface area contributed by atoms with Crippen molar-refractivity contribution in [2.45, 2.75) is 51.9 Å². The second-order valence-corrected chi connectivity index (χ2v) is 4.76. The van der Waals surface area contributed by atoms with Gasteiger partial charge in [-0.15, -0.1) is 0 Å². The third-order valence-electron chi connectivity index (χ3n) is 2.96. The number of hydrogen-bond donors (Lipinski definition) is 2. The van der Waals surface area contributed by atoms with E-state index in [1.807, 2.05) is 4.98 Å². The molecule has 1 heterocycles. The number of ether oxygens (including phenoxy) is 1. The summed E-state index contributed by atoms with van der Waals surface area (Å²) in [6.45, 7) is 2.49. The summed E-state index contributed by atoms with van der Waals surface area (Å²) in [5.41, 5.74) is -1.43. The molecule has 0 saturated carbocycles. The third kappa shape index (κ3) is 6.36. The molecular weight excluding hydrogens is 260 g/mol. The topological polar surface area (TPSA) is 92.0 Å². The molecule has 112 valence electrons. The van der Waals surface area contributed by atoms with Crippen LogP contribution in [-0.4, -0.2) is 22.5 Å². The van der Waals surface area contributed by atoms with Gasteiger partial charge in [0.05, 0.1) is 6.61 Å². The lowest BCUT2D eigenvalue weighted by Gasteiger charge is -2.04. The first-order chi connectivity index (χ1) is 9.63. The van der Waals surface area contributed by atoms with Crippen LogP contribution in [-0.2, 0) is 4.74 Å². The van der Waals surface area contributed by atoms with Crippen molar-refractivity contribution in [2.75, 3.05) is 6.61 Å². The summed E-state index contributed by atoms with van der Waals surface area (Å²) < 4.78 is 5.00. The number of aromatic nitrogens is 2. The number of rotatable bonds is 9. The molecule has 0 radical (unpaired) electrons. The molecule has 2 N–H and O–H groups in total. The predicted octanol–water partition coefficient (Wildman–Crippen LogP) is 1.97. The van der Waals surface area contributed by atoms with Crippen LogP contribution < -0.4 is 11.2 Å². The summed E-state index contributed by atoms with van der Waals surface area (Å²) in [4.78, 5) is 37.8. The monoisotopic (exact) mass is 282 g/mol. The number of carbonyl (C=O) groups excluding carboxylic acids is 1. The van der Waals surface area contributed by atoms with Crippen molar-refractivity contribution in [1.29, 1.82) is 0 Å². The maximum Gasteiger partial charge on any atom is 0.355 e. The summed E-state index contributed by atoms with van der Waals surface area (Å²) in [6, 6.07) is 1.02. The number of unbranched alkanes of at least 4 members (excludes halogenated alkanes) is 6. The van der Waals surface area contributed by atoms with E-state index in [0.717, 1.165) is 25.3 Å². The van der Waals surface area contributed by atoms with Crippen LogP contribution in [0.5, 0.6) is 0 Å². The summed E-state index contributed by atoms with van der Waals surface area (Å²) >= 11 is 0. The van der Waals surface area contributed by atoms with Crippen LogP contribution in [0.3, 0.4) is 0 Å². The zero-order valence-corrected chi connectivity index (χ0v) is 11.9. The Balaban J connectivity index is 2.20. The minimum atomic E-state index is -0.708. The molecular formula is C14H22N2O4. The minimum absolute atomic E-state index is 0.110. The van der Waals surface area contributed by atoms with Crippen molar-refractivity contribution in [3.63, 3.8) is 0 Å². The number of H-pyrrole nitrogens is 2. The normalized spacial score (nSPS) is 10.4. The molecule has 0 aliphatic rings. The summed E-state index contributed by atoms with van der Waals surface area (Å²) in [7, 11) is 0. The van der Waals surface area contributed by atoms with Crippen LogP contribution in [0.15, 0.2) is 15.7 Å². The smallest absolute Gasteiger partial charge is 0.355 e. The van der Waals surface area contributed by atoms with Crippen LogP contribution >= 0.6 is 0 Å². The molecule has 6 nitrogen and oxygen atoms in total. The average molecular weight is 282 g/mol. The van der Waals surface area contributed by atoms with Crippen LogP contribution in [0.1, 0.15) is 62.4 Å². The van der Waals surface area contributed by atoms with Crippen LogP contribution in [0.25, 0.3) is 0 Å². The number of carbonyl (C=O) groups is 1. The molecule has 0 bridgehead atoms. The fourth-order valence-electron chi connectivity index (χ4n) is 1.88. The van der Waals surface area contributed by atoms with E-state index in [1.165, 1.54) is 25.7 Å². The van der Waals surface area contributed by atoms with Crippen LogP contribution in [0.4, 0.5) is 0 Å². The van der Waals surface area contributed by atoms with E-state index in [4.69, 9.17) is 4.74 Å². The Morgan fingerprint density at radius 1 is 1.05 bits per heavy atom. The highest BCUT2D eigenvalue weighted by atomic mass is 16.5. The molecule has 1 aromatic rings. The molecule has 20 heavy (non-hydrogen) atoms. The molecule has 0 spiro atoms. The van der Waals surface area contributed by atoms with Gasteiger partial charge >= 0.3 is 11.7 Å². The number of esters is 1. The van der Waals surface area contributed by atoms with Gasteiger partial charge in [0.15, 0.2) is 0 Å². The maximum atomic E-state index is 11.6. The Hall–Kier alpha value is -1.85. The lowest BCUT2D eigenvalue weighted by atomic mass is 10.1. The Morgan fingerprint density at radius 2 is 1.70 bits per heavy atom. The van der Waals surface area contributed by atoms with Crippen LogP contribution in [0, 0.1) is 0 Å². The van der Waals surface area contributed by atoms with E-state index in [-0.39, 0.29) is 5.69 Å². The van der Waals surface area contributed by atoms with E-state index in [0.29, 0.717) is 6.61 Å². The standard InChI is InChI=1S/C14H22N2O4/c1-2-3-4-5-6-7-8-9-20-13(18)11-10-12(17)16-14(19)15-11/h10H,2-9H2,1H3,(H2,15,16,17,19). The van der Waals surface area contributed by atoms with Gasteiger partial charge in [-0.1, -0.05) is 45.4 Å². The quantitative estimate of drug-likeness (QED) is 0.535. The highest BCUT2D eigenvalue weighted by Gasteiger charge is 2.08. The highest BCUT2D eigenvalue weighted by Crippen LogP contribution is 2.07. The van der Waals surface area contributed by atoms with Gasteiger partial charge in [0.2, 0.25) is 0 Å². The zero-order chi connectivity index (χ0) is 14.8. The minimum Gasteiger partial charge on any atom is -0.461 e. The van der Waals surface area contributed by atoms with E-state index in [2.05, 4.69) is 11.9 Å². The first-order valence-corrected chi connectivity index (χ1v) is 7.14. The molecule has 1 rings (SSSR count). The van der Waals surface area contributed by atoms with E-state index >= 15 is 0 Å². The van der Waals surface area contributed by atoms with Crippen molar-refractivity contribution >= 4 is 5.97 Å². The molecule has 0 aliphatic carbocycles. The van der Waals surface area contributed by atoms with E-state index in [9.17, 15) is 14.4 Å². The first kappa shape index (κ1) is 16.2. The number of nitrogens with one attached hydrogen (secondary N) is 2. The third-order valence-corrected chi connectivity index (χ3v) is 2.96. The van der Waals surface area contributed by atoms with Gasteiger partial charge in [-0.25, -0.2) is 9.59 Å². The van der Waals surface area contributed by atoms with Gasteiger partial charge in [-0.3, -0.25) is 9.78 Å². The van der Waals surface area contributed by atoms with Gasteiger partial charge < -0.3 is 9.72 Å². The van der Waals surface area contributed by atoms with Gasteiger partial charge in [0.25, 0.3) is 5.56 Å². The van der Waals surface area contributed by atoms with Gasteiger partial charge in [0.1, 0.15) is 5.69 Å². The molecule has 6 heteroatoms. The molecule has 0 amide bonds. The fraction of sp³-hybridized carbons (Fsp3) is 0.643. The Labute approximate surface area is 117 Å². The molecule has 0 aliphatic heterocycles. The highest BCUT2D eigenvalue weighted by molar-refractivity contribution is 5.86. The second kappa shape index (κ2) is 9.12. The largest absolute Gasteiger partial charge is 0.461 e. The van der Waals surface area contributed by atoms with Crippen molar-refractivity contribution in [3.8, 4) is 0 Å². The van der Waals surface area contributed by atoms with Gasteiger partial charge in [0, 0.05) is 6.07 Å². The molecule has 1 aromatic heterocycles. The predicted molar refractivity (Wildman–Crippen MR) is 76.0 cm³/mol. The number of aromatic amines is 2. The van der Waals surface area contributed by atoms with Crippen molar-refractivity contribution in [1.82, 2.24) is 9.97 Å². The molecule has 0 aromatic carbocycles. The summed E-state index contributed by atoms with van der Waals surface area (Å²) in [5.74, 6) is -0.667. The van der Waals surface area contributed by atoms with Crippen molar-refractivity contribution in [2.24, 2.45) is 0 Å². The lowest BCUT2D eigenvalue weighted by molar-refractivity contribution is 0.0490. The van der Waals surface area contributed by atoms with E-state index in [1.54, 1.807) is 0 Å². The first-order valence-electron chi connectivity index (χ1n) is 7.14. The zero-order valence-electron chi connectivity index (χ0n) is 11.9. The van der Waals surface area contributed by atoms with Crippen LogP contribution in [0.2, 0.25) is 0 Å². The van der Waals surface area contributed by atoms with E-state index < -0.39 is 17.2 Å². The van der Waals surface area contributed by atoms with Crippen molar-refractivity contribution < 1.29 is 9.53 Å². The Kier molecular flexibility index (Phi) is 7.39. The number of hydrogen-bond acceptors (Lipinski definition) is 4. The fourth-order valence-corrected chi connectivity index (χ4v) is 1.88. The second-order valence-electron chi connectivity index (χ2n) is 4.76. The molecule has 0 unspecified atom stereocenters. The summed E-state index contributed by atoms with van der Waals surface area (Å²) in [5, 5.41) is 0.